The molecule has 0 saturated carbocycles. The molecule has 0 aromatic heterocycles. The van der Waals surface area contributed by atoms with Crippen molar-refractivity contribution < 1.29 is 79.5 Å². The van der Waals surface area contributed by atoms with Gasteiger partial charge in [0.25, 0.3) is 0 Å². The largest absolute Gasteiger partial charge is 4.00 e. The van der Waals surface area contributed by atoms with Gasteiger partial charge < -0.3 is 60.0 Å². The predicted octanol–water partition coefficient (Wildman–Crippen LogP) is -9.09. The minimum atomic E-state index is -1.44. The van der Waals surface area contributed by atoms with E-state index in [1.165, 1.54) is 0 Å². The van der Waals surface area contributed by atoms with Gasteiger partial charge in [0, 0.05) is 0 Å². The third-order valence-electron chi connectivity index (χ3n) is 0.516. The fourth-order valence-electron chi connectivity index (χ4n) is 0. The summed E-state index contributed by atoms with van der Waals surface area (Å²) in [5, 5.41) is 66.0. The van der Waals surface area contributed by atoms with Crippen molar-refractivity contribution in [2.75, 3.05) is 26.4 Å². The molecule has 0 atom stereocenters. The van der Waals surface area contributed by atoms with E-state index < -0.39 is 50.3 Å². The van der Waals surface area contributed by atoms with Gasteiger partial charge >= 0.3 is 19.5 Å². The molecule has 0 saturated heterocycles. The second kappa shape index (κ2) is 26.8. The Kier molecular flexibility index (Phi) is 40.4. The van der Waals surface area contributed by atoms with E-state index in [1.54, 1.807) is 0 Å². The maximum Gasteiger partial charge on any atom is 4.00 e. The summed E-state index contributed by atoms with van der Waals surface area (Å²) >= 11 is 0. The second-order valence-corrected chi connectivity index (χ2v) is 2.12. The molecule has 0 fully saturated rings. The summed E-state index contributed by atoms with van der Waals surface area (Å²) in [4.78, 5) is 36.0. The number of rotatable bonds is 4. The average molecular weight is 401 g/mol. The molecule has 0 aromatic rings. The third kappa shape index (κ3) is 122. The van der Waals surface area contributed by atoms with Gasteiger partial charge in [0.05, 0.1) is 50.3 Å². The molecule has 0 aliphatic rings. The standard InChI is InChI=1S/4C2H4O3.Ru/c4*3-1-2(4)5;/h4*3H,1H2,(H,4,5);/q;;;;+4/p-4. The van der Waals surface area contributed by atoms with Crippen LogP contribution in [0.25, 0.3) is 0 Å². The Balaban J connectivity index is -0.0000000533. The summed E-state index contributed by atoms with van der Waals surface area (Å²) in [6.07, 6.45) is 0. The van der Waals surface area contributed by atoms with Crippen molar-refractivity contribution in [1.29, 1.82) is 0 Å². The molecule has 0 unspecified atom stereocenters. The molecule has 4 N–H and O–H groups in total. The number of carbonyl (C=O) groups excluding carboxylic acids is 4. The fourth-order valence-corrected chi connectivity index (χ4v) is 0. The van der Waals surface area contributed by atoms with Crippen LogP contribution in [0.15, 0.2) is 0 Å². The third-order valence-corrected chi connectivity index (χ3v) is 0.516. The van der Waals surface area contributed by atoms with Crippen LogP contribution in [-0.2, 0) is 38.7 Å². The summed E-state index contributed by atoms with van der Waals surface area (Å²) in [7, 11) is 0. The maximum atomic E-state index is 9.01. The van der Waals surface area contributed by atoms with Gasteiger partial charge in [-0.05, 0) is 0 Å². The maximum absolute atomic E-state index is 9.01. The number of hydrogen-bond donors (Lipinski definition) is 4. The Labute approximate surface area is 130 Å². The first-order valence-electron chi connectivity index (χ1n) is 4.31. The number of carbonyl (C=O) groups is 4. The molecule has 0 aliphatic heterocycles. The van der Waals surface area contributed by atoms with E-state index in [4.69, 9.17) is 60.0 Å². The minimum absolute atomic E-state index is 0. The van der Waals surface area contributed by atoms with Crippen molar-refractivity contribution in [3.63, 3.8) is 0 Å². The van der Waals surface area contributed by atoms with E-state index in [1.807, 2.05) is 0 Å². The van der Waals surface area contributed by atoms with Gasteiger partial charge in [-0.1, -0.05) is 0 Å². The molecule has 0 aromatic carbocycles. The van der Waals surface area contributed by atoms with Crippen molar-refractivity contribution in [2.45, 2.75) is 0 Å². The van der Waals surface area contributed by atoms with E-state index in [2.05, 4.69) is 0 Å². The van der Waals surface area contributed by atoms with Crippen molar-refractivity contribution >= 4 is 23.9 Å². The second-order valence-electron chi connectivity index (χ2n) is 2.12. The van der Waals surface area contributed by atoms with Crippen molar-refractivity contribution in [3.8, 4) is 0 Å². The Bertz CT molecular complexity index is 222. The van der Waals surface area contributed by atoms with Gasteiger partial charge in [0.2, 0.25) is 0 Å². The first kappa shape index (κ1) is 31.6. The van der Waals surface area contributed by atoms with Crippen LogP contribution in [0.5, 0.6) is 0 Å². The summed E-state index contributed by atoms with van der Waals surface area (Å²) in [6.45, 7) is -3.56. The molecule has 0 spiro atoms. The number of hydrogen-bond acceptors (Lipinski definition) is 12. The molecule has 0 amide bonds. The van der Waals surface area contributed by atoms with Crippen LogP contribution in [-0.4, -0.2) is 70.7 Å². The molecular formula is C8H12O12Ru. The van der Waals surface area contributed by atoms with Crippen molar-refractivity contribution in [2.24, 2.45) is 0 Å². The van der Waals surface area contributed by atoms with E-state index in [-0.39, 0.29) is 19.5 Å². The summed E-state index contributed by atoms with van der Waals surface area (Å²) in [5.41, 5.74) is 0. The number of aliphatic hydroxyl groups excluding tert-OH is 4. The number of aliphatic hydroxyl groups is 4. The van der Waals surface area contributed by atoms with Gasteiger partial charge in [-0.15, -0.1) is 0 Å². The molecular weight excluding hydrogens is 389 g/mol. The van der Waals surface area contributed by atoms with Crippen LogP contribution in [0, 0.1) is 0 Å². The van der Waals surface area contributed by atoms with Crippen LogP contribution >= 0.6 is 0 Å². The summed E-state index contributed by atoms with van der Waals surface area (Å²) in [5.74, 6) is -5.76. The topological polar surface area (TPSA) is 241 Å². The molecule has 13 heteroatoms. The summed E-state index contributed by atoms with van der Waals surface area (Å²) in [6, 6.07) is 0. The average Bonchev–Trinajstić information content (AvgIpc) is 2.40. The molecule has 0 radical (unpaired) electrons. The quantitative estimate of drug-likeness (QED) is 0.321. The molecule has 21 heavy (non-hydrogen) atoms. The smallest absolute Gasteiger partial charge is 0.548 e. The Morgan fingerprint density at radius 3 is 0.571 bits per heavy atom. The zero-order valence-electron chi connectivity index (χ0n) is 10.2. The van der Waals surface area contributed by atoms with E-state index >= 15 is 0 Å². The van der Waals surface area contributed by atoms with Crippen LogP contribution in [0.4, 0.5) is 0 Å². The molecule has 0 bridgehead atoms. The number of carboxylic acids is 4. The first-order chi connectivity index (χ1) is 9.08. The SMILES string of the molecule is O=C([O-])CO.O=C([O-])CO.O=C([O-])CO.O=C([O-])CO.[Ru+4]. The minimum Gasteiger partial charge on any atom is -0.548 e. The molecule has 0 rings (SSSR count). The molecule has 0 aliphatic carbocycles. The molecule has 12 nitrogen and oxygen atoms in total. The van der Waals surface area contributed by atoms with Crippen molar-refractivity contribution in [3.05, 3.63) is 0 Å². The Morgan fingerprint density at radius 2 is 0.571 bits per heavy atom. The summed E-state index contributed by atoms with van der Waals surface area (Å²) < 4.78 is 0. The van der Waals surface area contributed by atoms with Gasteiger partial charge in [0.1, 0.15) is 0 Å². The molecule has 0 heterocycles. The zero-order chi connectivity index (χ0) is 17.1. The molecule has 124 valence electrons. The number of aliphatic carboxylic acids is 4. The van der Waals surface area contributed by atoms with Crippen molar-refractivity contribution in [1.82, 2.24) is 0 Å². The van der Waals surface area contributed by atoms with Crippen LogP contribution in [0.1, 0.15) is 0 Å². The van der Waals surface area contributed by atoms with Gasteiger partial charge in [-0.2, -0.15) is 0 Å². The van der Waals surface area contributed by atoms with Crippen LogP contribution in [0.2, 0.25) is 0 Å². The van der Waals surface area contributed by atoms with E-state index in [0.717, 1.165) is 0 Å². The van der Waals surface area contributed by atoms with Crippen LogP contribution in [0.3, 0.4) is 0 Å². The Morgan fingerprint density at radius 1 is 0.524 bits per heavy atom. The Hall–Kier alpha value is -1.66. The normalized spacial score (nSPS) is 7.05. The van der Waals surface area contributed by atoms with Gasteiger partial charge in [0.15, 0.2) is 0 Å². The van der Waals surface area contributed by atoms with E-state index in [9.17, 15) is 0 Å². The first-order valence-corrected chi connectivity index (χ1v) is 4.31. The van der Waals surface area contributed by atoms with Gasteiger partial charge in [-0.25, -0.2) is 0 Å². The predicted molar refractivity (Wildman–Crippen MR) is 48.4 cm³/mol. The zero-order valence-corrected chi connectivity index (χ0v) is 12.0. The fraction of sp³-hybridized carbons (Fsp3) is 0.500. The number of carboxylic acid groups (broad SMARTS) is 4. The van der Waals surface area contributed by atoms with E-state index in [0.29, 0.717) is 0 Å². The van der Waals surface area contributed by atoms with Gasteiger partial charge in [-0.3, -0.25) is 0 Å². The van der Waals surface area contributed by atoms with Crippen LogP contribution < -0.4 is 20.4 Å². The monoisotopic (exact) mass is 402 g/mol.